The number of benzene rings is 2. The average Bonchev–Trinajstić information content (AvgIpc) is 2.99. The molecule has 0 aliphatic heterocycles. The van der Waals surface area contributed by atoms with Gasteiger partial charge in [-0.15, -0.1) is 11.3 Å². The van der Waals surface area contributed by atoms with Gasteiger partial charge in [-0.05, 0) is 30.2 Å². The first-order chi connectivity index (χ1) is 9.75. The zero-order chi connectivity index (χ0) is 14.3. The Morgan fingerprint density at radius 3 is 2.50 bits per heavy atom. The van der Waals surface area contributed by atoms with Gasteiger partial charge in [0.15, 0.2) is 0 Å². The molecule has 3 aromatic rings. The average molecular weight is 280 g/mol. The molecule has 0 bridgehead atoms. The summed E-state index contributed by atoms with van der Waals surface area (Å²) in [6.07, 6.45) is 2.34. The van der Waals surface area contributed by atoms with Gasteiger partial charge in [0, 0.05) is 26.1 Å². The Morgan fingerprint density at radius 1 is 0.950 bits per heavy atom. The molecule has 0 spiro atoms. The van der Waals surface area contributed by atoms with Crippen LogP contribution in [0.1, 0.15) is 44.7 Å². The van der Waals surface area contributed by atoms with Gasteiger partial charge >= 0.3 is 0 Å². The molecule has 0 amide bonds. The predicted molar refractivity (Wildman–Crippen MR) is 92.7 cm³/mol. The lowest BCUT2D eigenvalue weighted by atomic mass is 9.94. The van der Waals surface area contributed by atoms with E-state index in [9.17, 15) is 0 Å². The molecule has 1 heterocycles. The second-order valence-electron chi connectivity index (χ2n) is 5.15. The Hall–Kier alpha value is -1.60. The van der Waals surface area contributed by atoms with Crippen molar-refractivity contribution in [2.24, 2.45) is 0 Å². The third-order valence-electron chi connectivity index (χ3n) is 4.12. The monoisotopic (exact) mass is 280 g/mol. The Morgan fingerprint density at radius 2 is 1.70 bits per heavy atom. The molecule has 1 atom stereocenters. The molecule has 1 unspecified atom stereocenters. The number of rotatable bonds is 0. The normalized spacial score (nSPS) is 16.8. The molecule has 1 heteroatoms. The number of thiophene rings is 1. The first-order valence-electron chi connectivity index (χ1n) is 7.38. The van der Waals surface area contributed by atoms with Gasteiger partial charge in [-0.2, -0.15) is 0 Å². The highest BCUT2D eigenvalue weighted by Crippen LogP contribution is 2.45. The van der Waals surface area contributed by atoms with E-state index in [1.165, 1.54) is 36.9 Å². The van der Waals surface area contributed by atoms with Gasteiger partial charge in [0.1, 0.15) is 0 Å². The summed E-state index contributed by atoms with van der Waals surface area (Å²) in [5, 5.41) is 2.90. The minimum absolute atomic E-state index is 0.557. The van der Waals surface area contributed by atoms with Crippen LogP contribution in [0.3, 0.4) is 0 Å². The summed E-state index contributed by atoms with van der Waals surface area (Å²) in [4.78, 5) is 0. The molecule has 0 N–H and O–H groups in total. The van der Waals surface area contributed by atoms with E-state index in [-0.39, 0.29) is 0 Å². The molecule has 1 aliphatic rings. The van der Waals surface area contributed by atoms with Crippen LogP contribution in [0.15, 0.2) is 42.0 Å². The summed E-state index contributed by atoms with van der Waals surface area (Å²) in [6, 6.07) is 13.3. The lowest BCUT2D eigenvalue weighted by Gasteiger charge is -2.09. The van der Waals surface area contributed by atoms with Crippen LogP contribution in [0, 0.1) is 0 Å². The summed E-state index contributed by atoms with van der Waals surface area (Å²) in [6.45, 7) is 8.56. The number of hydrogen-bond donors (Lipinski definition) is 0. The van der Waals surface area contributed by atoms with E-state index in [4.69, 9.17) is 0 Å². The Balaban J connectivity index is 0.000000581. The number of allylic oxidation sites excluding steroid dienone is 1. The molecule has 1 aliphatic carbocycles. The van der Waals surface area contributed by atoms with Gasteiger partial charge < -0.3 is 0 Å². The lowest BCUT2D eigenvalue weighted by molar-refractivity contribution is 0.932. The van der Waals surface area contributed by atoms with Crippen molar-refractivity contribution in [2.45, 2.75) is 33.6 Å². The third-order valence-corrected chi connectivity index (χ3v) is 5.25. The third kappa shape index (κ3) is 1.81. The van der Waals surface area contributed by atoms with Gasteiger partial charge in [0.05, 0.1) is 0 Å². The first-order valence-corrected chi connectivity index (χ1v) is 8.19. The van der Waals surface area contributed by atoms with Crippen molar-refractivity contribution in [1.82, 2.24) is 0 Å². The van der Waals surface area contributed by atoms with Crippen molar-refractivity contribution in [3.8, 4) is 0 Å². The van der Waals surface area contributed by atoms with Crippen molar-refractivity contribution < 1.29 is 0 Å². The van der Waals surface area contributed by atoms with E-state index in [1.807, 2.05) is 25.2 Å². The van der Waals surface area contributed by atoms with Gasteiger partial charge in [0.2, 0.25) is 0 Å². The van der Waals surface area contributed by atoms with Crippen LogP contribution in [-0.2, 0) is 0 Å². The quantitative estimate of drug-likeness (QED) is 0.435. The van der Waals surface area contributed by atoms with Crippen LogP contribution in [0.4, 0.5) is 0 Å². The molecule has 102 valence electrons. The van der Waals surface area contributed by atoms with E-state index < -0.39 is 0 Å². The molecular weight excluding hydrogens is 260 g/mol. The molecule has 2 aromatic carbocycles. The highest BCUT2D eigenvalue weighted by Gasteiger charge is 2.22. The number of hydrogen-bond acceptors (Lipinski definition) is 1. The van der Waals surface area contributed by atoms with Crippen molar-refractivity contribution in [3.63, 3.8) is 0 Å². The molecule has 20 heavy (non-hydrogen) atoms. The van der Waals surface area contributed by atoms with Crippen LogP contribution in [-0.4, -0.2) is 0 Å². The minimum Gasteiger partial charge on any atom is -0.135 e. The maximum absolute atomic E-state index is 2.34. The van der Waals surface area contributed by atoms with E-state index in [1.54, 1.807) is 0 Å². The van der Waals surface area contributed by atoms with Crippen LogP contribution < -0.4 is 0 Å². The van der Waals surface area contributed by atoms with Gasteiger partial charge in [-0.1, -0.05) is 56.7 Å². The van der Waals surface area contributed by atoms with Crippen LogP contribution in [0.25, 0.3) is 26.2 Å². The van der Waals surface area contributed by atoms with Crippen molar-refractivity contribution in [2.75, 3.05) is 0 Å². The van der Waals surface area contributed by atoms with E-state index in [2.05, 4.69) is 56.3 Å². The zero-order valence-electron chi connectivity index (χ0n) is 12.5. The Labute approximate surface area is 124 Å². The molecule has 1 aromatic heterocycles. The van der Waals surface area contributed by atoms with Gasteiger partial charge in [-0.3, -0.25) is 0 Å². The van der Waals surface area contributed by atoms with Crippen molar-refractivity contribution in [1.29, 1.82) is 0 Å². The molecule has 4 rings (SSSR count). The summed E-state index contributed by atoms with van der Waals surface area (Å²) < 4.78 is 2.82. The van der Waals surface area contributed by atoms with E-state index in [0.717, 1.165) is 0 Å². The minimum atomic E-state index is 0.557. The Kier molecular flexibility index (Phi) is 3.39. The molecule has 0 saturated heterocycles. The molecular formula is C19H20S. The smallest absolute Gasteiger partial charge is 0.0358 e. The fourth-order valence-electron chi connectivity index (χ4n) is 3.05. The van der Waals surface area contributed by atoms with Gasteiger partial charge in [-0.25, -0.2) is 0 Å². The summed E-state index contributed by atoms with van der Waals surface area (Å²) in [7, 11) is 0. The Bertz CT molecular complexity index is 805. The maximum atomic E-state index is 2.34. The zero-order valence-corrected chi connectivity index (χ0v) is 13.3. The van der Waals surface area contributed by atoms with E-state index in [0.29, 0.717) is 5.92 Å². The molecule has 0 nitrogen and oxygen atoms in total. The maximum Gasteiger partial charge on any atom is 0.0358 e. The molecule has 0 saturated carbocycles. The highest BCUT2D eigenvalue weighted by atomic mass is 32.1. The highest BCUT2D eigenvalue weighted by molar-refractivity contribution is 7.25. The van der Waals surface area contributed by atoms with Crippen LogP contribution in [0.2, 0.25) is 0 Å². The molecule has 0 fully saturated rings. The predicted octanol–water partition coefficient (Wildman–Crippen LogP) is 6.60. The largest absolute Gasteiger partial charge is 0.135 e. The van der Waals surface area contributed by atoms with E-state index >= 15 is 0 Å². The van der Waals surface area contributed by atoms with Gasteiger partial charge in [0.25, 0.3) is 0 Å². The second-order valence-corrected chi connectivity index (χ2v) is 6.23. The fraction of sp³-hybridized carbons (Fsp3) is 0.263. The van der Waals surface area contributed by atoms with Crippen molar-refractivity contribution in [3.05, 3.63) is 53.1 Å². The summed E-state index contributed by atoms with van der Waals surface area (Å²) in [5.41, 5.74) is 4.42. The van der Waals surface area contributed by atoms with Crippen LogP contribution in [0.5, 0.6) is 0 Å². The lowest BCUT2D eigenvalue weighted by Crippen LogP contribution is -1.91. The summed E-state index contributed by atoms with van der Waals surface area (Å²) >= 11 is 1.91. The fourth-order valence-corrected chi connectivity index (χ4v) is 4.17. The summed E-state index contributed by atoms with van der Waals surface area (Å²) in [5.74, 6) is 0.557. The van der Waals surface area contributed by atoms with Crippen molar-refractivity contribution >= 4 is 37.6 Å². The van der Waals surface area contributed by atoms with Crippen LogP contribution >= 0.6 is 11.3 Å². The topological polar surface area (TPSA) is 0 Å². The number of fused-ring (bicyclic) bond motifs is 5. The standard InChI is InChI=1S/C17H14S.C2H6/c1-10-9-12-7-8-15-17(16(12)11(10)2)13-5-3-4-6-14(13)18-15;1-2/h3-9,11H,1-2H3;1-2H3. The second kappa shape index (κ2) is 5.06. The first kappa shape index (κ1) is 13.4. The SMILES string of the molecule is CC.CC1=Cc2ccc3sc4ccccc4c3c2C1C. The molecule has 0 radical (unpaired) electrons.